The Bertz CT molecular complexity index is 1080. The summed E-state index contributed by atoms with van der Waals surface area (Å²) >= 11 is 0. The van der Waals surface area contributed by atoms with Crippen molar-refractivity contribution in [3.05, 3.63) is 59.4 Å². The number of aryl methyl sites for hydroxylation is 1. The largest absolute Gasteiger partial charge is 0.455 e. The zero-order valence-corrected chi connectivity index (χ0v) is 16.2. The van der Waals surface area contributed by atoms with Gasteiger partial charge in [0.1, 0.15) is 23.0 Å². The number of ether oxygens (including phenoxy) is 1. The van der Waals surface area contributed by atoms with Gasteiger partial charge in [0, 0.05) is 42.6 Å². The van der Waals surface area contributed by atoms with Crippen molar-refractivity contribution in [1.82, 2.24) is 9.97 Å². The maximum Gasteiger partial charge on any atom is 0.248 e. The smallest absolute Gasteiger partial charge is 0.248 e. The van der Waals surface area contributed by atoms with Crippen LogP contribution < -0.4 is 21.5 Å². The van der Waals surface area contributed by atoms with Crippen LogP contribution in [0.4, 0.5) is 11.5 Å². The number of rotatable bonds is 7. The molecule has 8 nitrogen and oxygen atoms in total. The molecule has 1 aromatic carbocycles. The first kappa shape index (κ1) is 19.8. The number of hydrogen-bond donors (Lipinski definition) is 4. The van der Waals surface area contributed by atoms with Gasteiger partial charge in [-0.25, -0.2) is 9.97 Å². The van der Waals surface area contributed by atoms with E-state index in [1.807, 2.05) is 13.0 Å². The van der Waals surface area contributed by atoms with Gasteiger partial charge in [0.05, 0.1) is 17.6 Å². The van der Waals surface area contributed by atoms with Gasteiger partial charge < -0.3 is 26.9 Å². The zero-order valence-electron chi connectivity index (χ0n) is 16.2. The maximum absolute atomic E-state index is 11.6. The number of benzene rings is 1. The average Bonchev–Trinajstić information content (AvgIpc) is 2.72. The number of nitrogen functional groups attached to an aromatic ring is 1. The Balaban J connectivity index is 1.97. The molecule has 0 radical (unpaired) electrons. The van der Waals surface area contributed by atoms with Crippen LogP contribution in [-0.2, 0) is 6.42 Å². The lowest BCUT2D eigenvalue weighted by Crippen LogP contribution is -2.13. The third-order valence-electron chi connectivity index (χ3n) is 4.40. The first-order valence-corrected chi connectivity index (χ1v) is 9.02. The van der Waals surface area contributed by atoms with Crippen LogP contribution in [0.2, 0.25) is 0 Å². The monoisotopic (exact) mass is 390 g/mol. The number of nitrogens with two attached hydrogens (primary N) is 2. The molecule has 148 valence electrons. The van der Waals surface area contributed by atoms with Crippen molar-refractivity contribution in [3.8, 4) is 22.8 Å². The number of carbonyl (C=O) groups excluding carboxylic acids is 1. The van der Waals surface area contributed by atoms with Gasteiger partial charge >= 0.3 is 0 Å². The number of pyridine rings is 2. The number of aromatic nitrogens is 2. The second-order valence-electron chi connectivity index (χ2n) is 6.30. The van der Waals surface area contributed by atoms with Crippen molar-refractivity contribution in [2.75, 3.05) is 18.1 Å². The van der Waals surface area contributed by atoms with Crippen molar-refractivity contribution < 1.29 is 9.53 Å². The van der Waals surface area contributed by atoms with Crippen LogP contribution in [0.1, 0.15) is 28.5 Å². The third kappa shape index (κ3) is 4.32. The molecule has 0 aliphatic carbocycles. The van der Waals surface area contributed by atoms with Crippen molar-refractivity contribution in [3.63, 3.8) is 0 Å². The van der Waals surface area contributed by atoms with Gasteiger partial charge in [-0.1, -0.05) is 13.0 Å². The quantitative estimate of drug-likeness (QED) is 0.457. The highest BCUT2D eigenvalue weighted by atomic mass is 16.5. The number of amides is 1. The molecule has 0 fully saturated rings. The lowest BCUT2D eigenvalue weighted by Gasteiger charge is -2.12. The van der Waals surface area contributed by atoms with Gasteiger partial charge in [0.25, 0.3) is 0 Å². The van der Waals surface area contributed by atoms with Crippen molar-refractivity contribution >= 4 is 23.6 Å². The fourth-order valence-electron chi connectivity index (χ4n) is 2.98. The van der Waals surface area contributed by atoms with Crippen LogP contribution in [0.5, 0.6) is 11.5 Å². The first-order chi connectivity index (χ1) is 13.9. The van der Waals surface area contributed by atoms with E-state index in [0.29, 0.717) is 46.4 Å². The van der Waals surface area contributed by atoms with E-state index in [9.17, 15) is 4.79 Å². The minimum Gasteiger partial charge on any atom is -0.455 e. The van der Waals surface area contributed by atoms with Crippen LogP contribution in [0.15, 0.2) is 42.6 Å². The number of hydrogen-bond acceptors (Lipinski definition) is 7. The van der Waals surface area contributed by atoms with Gasteiger partial charge in [0.2, 0.25) is 5.91 Å². The topological polar surface area (TPSA) is 140 Å². The number of anilines is 2. The molecule has 0 aliphatic heterocycles. The van der Waals surface area contributed by atoms with E-state index in [0.717, 1.165) is 11.1 Å². The molecular weight excluding hydrogens is 368 g/mol. The molecule has 0 bridgehead atoms. The first-order valence-electron chi connectivity index (χ1n) is 9.02. The summed E-state index contributed by atoms with van der Waals surface area (Å²) in [5.74, 6) is 0.831. The molecular formula is C21H22N6O2. The molecule has 0 saturated heterocycles. The molecule has 0 aliphatic rings. The van der Waals surface area contributed by atoms with E-state index in [1.165, 1.54) is 12.4 Å². The standard InChI is InChI=1S/C21H22N6O2/c1-3-12-6-13(4-5-16(12)21(24)28)17-7-14(9-20(23)27-17)29-15-8-18(25-2)19(10-22)26-11-15/h4-11,22,25H,3H2,1-2H3,(H2,23,27)(H2,24,28). The van der Waals surface area contributed by atoms with E-state index >= 15 is 0 Å². The van der Waals surface area contributed by atoms with Crippen LogP contribution in [0, 0.1) is 5.41 Å². The molecule has 0 saturated carbocycles. The van der Waals surface area contributed by atoms with Gasteiger partial charge in [0.15, 0.2) is 0 Å². The molecule has 3 rings (SSSR count). The van der Waals surface area contributed by atoms with E-state index in [1.54, 1.807) is 37.4 Å². The summed E-state index contributed by atoms with van der Waals surface area (Å²) in [6.45, 7) is 1.96. The number of primary amides is 1. The molecule has 2 aromatic heterocycles. The lowest BCUT2D eigenvalue weighted by atomic mass is 9.99. The Morgan fingerprint density at radius 1 is 1.24 bits per heavy atom. The highest BCUT2D eigenvalue weighted by Gasteiger charge is 2.12. The van der Waals surface area contributed by atoms with E-state index in [4.69, 9.17) is 21.6 Å². The predicted octanol–water partition coefficient (Wildman–Crippen LogP) is 3.22. The van der Waals surface area contributed by atoms with Gasteiger partial charge in [-0.3, -0.25) is 4.79 Å². The Labute approximate surface area is 168 Å². The average molecular weight is 390 g/mol. The highest BCUT2D eigenvalue weighted by Crippen LogP contribution is 2.30. The number of nitrogens with one attached hydrogen (secondary N) is 2. The summed E-state index contributed by atoms with van der Waals surface area (Å²) in [4.78, 5) is 20.2. The van der Waals surface area contributed by atoms with E-state index in [2.05, 4.69) is 15.3 Å². The number of carbonyl (C=O) groups is 1. The minimum absolute atomic E-state index is 0.299. The van der Waals surface area contributed by atoms with Gasteiger partial charge in [-0.2, -0.15) is 0 Å². The second-order valence-corrected chi connectivity index (χ2v) is 6.30. The summed E-state index contributed by atoms with van der Waals surface area (Å²) in [5.41, 5.74) is 15.4. The predicted molar refractivity (Wildman–Crippen MR) is 114 cm³/mol. The molecule has 0 spiro atoms. The molecule has 8 heteroatoms. The van der Waals surface area contributed by atoms with Gasteiger partial charge in [-0.15, -0.1) is 0 Å². The third-order valence-corrected chi connectivity index (χ3v) is 4.40. The Kier molecular flexibility index (Phi) is 5.73. The summed E-state index contributed by atoms with van der Waals surface area (Å²) < 4.78 is 5.91. The van der Waals surface area contributed by atoms with Crippen LogP contribution in [-0.4, -0.2) is 29.1 Å². The molecule has 0 atom stereocenters. The molecule has 6 N–H and O–H groups in total. The SMILES string of the molecule is CCc1cc(-c2cc(Oc3cnc(C=N)c(NC)c3)cc(N)n2)ccc1C(N)=O. The van der Waals surface area contributed by atoms with Crippen molar-refractivity contribution in [1.29, 1.82) is 5.41 Å². The van der Waals surface area contributed by atoms with Crippen molar-refractivity contribution in [2.24, 2.45) is 5.73 Å². The molecule has 0 unspecified atom stereocenters. The number of nitrogens with zero attached hydrogens (tertiary/aromatic N) is 2. The van der Waals surface area contributed by atoms with Crippen LogP contribution >= 0.6 is 0 Å². The summed E-state index contributed by atoms with van der Waals surface area (Å²) in [7, 11) is 1.75. The minimum atomic E-state index is -0.459. The van der Waals surface area contributed by atoms with Crippen LogP contribution in [0.25, 0.3) is 11.3 Å². The van der Waals surface area contributed by atoms with Crippen molar-refractivity contribution in [2.45, 2.75) is 13.3 Å². The molecule has 2 heterocycles. The highest BCUT2D eigenvalue weighted by molar-refractivity contribution is 5.95. The van der Waals surface area contributed by atoms with Crippen LogP contribution in [0.3, 0.4) is 0 Å². The fraction of sp³-hybridized carbons (Fsp3) is 0.143. The summed E-state index contributed by atoms with van der Waals surface area (Å²) in [6.07, 6.45) is 3.36. The lowest BCUT2D eigenvalue weighted by molar-refractivity contribution is 0.0999. The fourth-order valence-corrected chi connectivity index (χ4v) is 2.98. The zero-order chi connectivity index (χ0) is 21.0. The van der Waals surface area contributed by atoms with E-state index < -0.39 is 5.91 Å². The molecule has 1 amide bonds. The summed E-state index contributed by atoms with van der Waals surface area (Å²) in [5, 5.41) is 10.4. The Morgan fingerprint density at radius 3 is 2.69 bits per heavy atom. The maximum atomic E-state index is 11.6. The Morgan fingerprint density at radius 2 is 2.03 bits per heavy atom. The normalized spacial score (nSPS) is 10.4. The second kappa shape index (κ2) is 8.39. The summed E-state index contributed by atoms with van der Waals surface area (Å²) in [6, 6.07) is 10.5. The molecule has 29 heavy (non-hydrogen) atoms. The van der Waals surface area contributed by atoms with E-state index in [-0.39, 0.29) is 0 Å². The Hall–Kier alpha value is -3.94. The molecule has 3 aromatic rings. The van der Waals surface area contributed by atoms with Gasteiger partial charge in [-0.05, 0) is 24.1 Å².